The Morgan fingerprint density at radius 3 is 2.22 bits per heavy atom. The smallest absolute Gasteiger partial charge is 0.377 e. The predicted molar refractivity (Wildman–Crippen MR) is 86.1 cm³/mol. The van der Waals surface area contributed by atoms with Gasteiger partial charge in [-0.15, -0.1) is 0 Å². The van der Waals surface area contributed by atoms with Crippen LogP contribution < -0.4 is 5.32 Å². The van der Waals surface area contributed by atoms with E-state index in [1.807, 2.05) is 20.8 Å². The largest absolute Gasteiger partial charge is 0.404 e. The molecule has 2 fully saturated rings. The van der Waals surface area contributed by atoms with E-state index in [0.29, 0.717) is 11.5 Å². The molecule has 0 spiro atoms. The molecule has 158 valence electrons. The third-order valence-corrected chi connectivity index (χ3v) is 5.46. The van der Waals surface area contributed by atoms with Crippen molar-refractivity contribution in [3.05, 3.63) is 0 Å². The summed E-state index contributed by atoms with van der Waals surface area (Å²) in [6.45, 7) is 4.71. The topological polar surface area (TPSA) is 41.6 Å². The number of hydrogen-bond acceptors (Lipinski definition) is 2. The van der Waals surface area contributed by atoms with Crippen molar-refractivity contribution in [1.82, 2.24) is 10.2 Å². The van der Waals surface area contributed by atoms with Gasteiger partial charge in [-0.25, -0.2) is 4.79 Å². The summed E-state index contributed by atoms with van der Waals surface area (Å²) < 4.78 is 84.4. The second kappa shape index (κ2) is 7.33. The molecule has 4 nitrogen and oxygen atoms in total. The van der Waals surface area contributed by atoms with Gasteiger partial charge in [-0.2, -0.15) is 26.3 Å². The summed E-state index contributed by atoms with van der Waals surface area (Å²) in [6.07, 6.45) is -10.7. The maximum absolute atomic E-state index is 13.1. The van der Waals surface area contributed by atoms with Gasteiger partial charge in [0.1, 0.15) is 0 Å². The van der Waals surface area contributed by atoms with Crippen LogP contribution in [-0.2, 0) is 4.74 Å². The summed E-state index contributed by atoms with van der Waals surface area (Å²) in [4.78, 5) is 12.8. The minimum atomic E-state index is -5.46. The summed E-state index contributed by atoms with van der Waals surface area (Å²) >= 11 is 0. The van der Waals surface area contributed by atoms with E-state index < -0.39 is 43.3 Å². The van der Waals surface area contributed by atoms with Crippen molar-refractivity contribution in [1.29, 1.82) is 0 Å². The van der Waals surface area contributed by atoms with E-state index in [9.17, 15) is 31.1 Å². The van der Waals surface area contributed by atoms with E-state index in [1.54, 1.807) is 0 Å². The molecule has 0 aromatic heterocycles. The number of likely N-dealkylation sites (tertiary alicyclic amines) is 1. The van der Waals surface area contributed by atoms with Gasteiger partial charge in [0, 0.05) is 32.2 Å². The fourth-order valence-electron chi connectivity index (χ4n) is 3.95. The first-order chi connectivity index (χ1) is 12.2. The molecule has 10 heteroatoms. The number of rotatable bonds is 2. The number of alkyl halides is 6. The van der Waals surface area contributed by atoms with E-state index in [-0.39, 0.29) is 24.0 Å². The van der Waals surface area contributed by atoms with Gasteiger partial charge in [0.2, 0.25) is 0 Å². The van der Waals surface area contributed by atoms with E-state index in [0.717, 1.165) is 12.8 Å². The number of carbonyl (C=O) groups excluding carboxylic acids is 1. The van der Waals surface area contributed by atoms with Gasteiger partial charge in [-0.1, -0.05) is 20.8 Å². The lowest BCUT2D eigenvalue weighted by atomic mass is 9.78. The predicted octanol–water partition coefficient (Wildman–Crippen LogP) is 4.35. The van der Waals surface area contributed by atoms with Crippen LogP contribution in [0.1, 0.15) is 40.0 Å². The van der Waals surface area contributed by atoms with Crippen LogP contribution in [0.25, 0.3) is 0 Å². The standard InChI is InChI=1S/C17H26F6N2O2/c1-14(2,3)12-11(5-4-8-27-12)9-24-13(26)25-7-6-15(10-25,16(18,19)20)17(21,22)23/h11-12H,4-10H2,1-3H3,(H,24,26)/t11-,12+/m1/s1. The summed E-state index contributed by atoms with van der Waals surface area (Å²) in [5, 5.41) is 2.51. The number of nitrogens with one attached hydrogen (secondary N) is 1. The highest BCUT2D eigenvalue weighted by molar-refractivity contribution is 5.74. The van der Waals surface area contributed by atoms with Crippen molar-refractivity contribution in [3.8, 4) is 0 Å². The molecule has 0 radical (unpaired) electrons. The first-order valence-corrected chi connectivity index (χ1v) is 8.97. The highest BCUT2D eigenvalue weighted by Gasteiger charge is 2.72. The minimum Gasteiger partial charge on any atom is -0.377 e. The fraction of sp³-hybridized carbons (Fsp3) is 0.941. The van der Waals surface area contributed by atoms with E-state index in [4.69, 9.17) is 4.74 Å². The van der Waals surface area contributed by atoms with Crippen LogP contribution >= 0.6 is 0 Å². The number of halogens is 6. The lowest BCUT2D eigenvalue weighted by molar-refractivity contribution is -0.334. The van der Waals surface area contributed by atoms with Crippen LogP contribution in [0.2, 0.25) is 0 Å². The zero-order valence-corrected chi connectivity index (χ0v) is 15.6. The lowest BCUT2D eigenvalue weighted by Gasteiger charge is -2.40. The van der Waals surface area contributed by atoms with Gasteiger partial charge in [0.25, 0.3) is 0 Å². The molecule has 2 amide bonds. The zero-order valence-electron chi connectivity index (χ0n) is 15.6. The molecule has 2 rings (SSSR count). The van der Waals surface area contributed by atoms with Crippen LogP contribution in [0, 0.1) is 16.7 Å². The molecule has 2 atom stereocenters. The number of urea groups is 1. The molecule has 0 aromatic rings. The maximum Gasteiger partial charge on any atom is 0.404 e. The summed E-state index contributed by atoms with van der Waals surface area (Å²) in [5.41, 5.74) is -4.05. The molecule has 0 unspecified atom stereocenters. The van der Waals surface area contributed by atoms with Crippen LogP contribution in [0.15, 0.2) is 0 Å². The normalized spacial score (nSPS) is 26.9. The third-order valence-electron chi connectivity index (χ3n) is 5.46. The first-order valence-electron chi connectivity index (χ1n) is 8.97. The Morgan fingerprint density at radius 2 is 1.74 bits per heavy atom. The van der Waals surface area contributed by atoms with Crippen molar-refractivity contribution < 1.29 is 35.9 Å². The van der Waals surface area contributed by atoms with Gasteiger partial charge in [0.05, 0.1) is 6.10 Å². The third kappa shape index (κ3) is 4.46. The van der Waals surface area contributed by atoms with Crippen molar-refractivity contribution >= 4 is 6.03 Å². The fourth-order valence-corrected chi connectivity index (χ4v) is 3.95. The number of ether oxygens (including phenoxy) is 1. The number of hydrogen-bond donors (Lipinski definition) is 1. The summed E-state index contributed by atoms with van der Waals surface area (Å²) in [5.74, 6) is -0.0414. The van der Waals surface area contributed by atoms with Crippen LogP contribution in [-0.4, -0.2) is 55.6 Å². The minimum absolute atomic E-state index is 0.0414. The second-order valence-corrected chi connectivity index (χ2v) is 8.49. The second-order valence-electron chi connectivity index (χ2n) is 8.49. The molecule has 0 aromatic carbocycles. The van der Waals surface area contributed by atoms with Crippen molar-refractivity contribution in [2.75, 3.05) is 26.2 Å². The van der Waals surface area contributed by atoms with Gasteiger partial charge in [0.15, 0.2) is 5.41 Å². The lowest BCUT2D eigenvalue weighted by Crippen LogP contribution is -2.53. The highest BCUT2D eigenvalue weighted by atomic mass is 19.4. The van der Waals surface area contributed by atoms with E-state index >= 15 is 0 Å². The Balaban J connectivity index is 2.01. The van der Waals surface area contributed by atoms with Gasteiger partial charge >= 0.3 is 18.4 Å². The molecule has 2 aliphatic heterocycles. The average molecular weight is 404 g/mol. The summed E-state index contributed by atoms with van der Waals surface area (Å²) in [7, 11) is 0. The Bertz CT molecular complexity index is 527. The Labute approximate surface area is 154 Å². The Kier molecular flexibility index (Phi) is 6.00. The Morgan fingerprint density at radius 1 is 1.15 bits per heavy atom. The first kappa shape index (κ1) is 22.1. The van der Waals surface area contributed by atoms with Gasteiger partial charge in [-0.05, 0) is 24.7 Å². The summed E-state index contributed by atoms with van der Waals surface area (Å²) in [6, 6.07) is -0.899. The molecule has 0 aliphatic carbocycles. The molecular formula is C17H26F6N2O2. The molecule has 2 aliphatic rings. The number of amides is 2. The molecular weight excluding hydrogens is 378 g/mol. The number of nitrogens with zero attached hydrogens (tertiary/aromatic N) is 1. The Hall–Kier alpha value is -1.19. The SMILES string of the molecule is CC(C)(C)[C@H]1OCCC[C@@H]1CNC(=O)N1CCC(C(F)(F)F)(C(F)(F)F)C1. The van der Waals surface area contributed by atoms with Crippen molar-refractivity contribution in [2.45, 2.75) is 58.5 Å². The molecule has 2 heterocycles. The number of carbonyl (C=O) groups is 1. The highest BCUT2D eigenvalue weighted by Crippen LogP contribution is 2.55. The molecule has 1 N–H and O–H groups in total. The van der Waals surface area contributed by atoms with Crippen molar-refractivity contribution in [2.24, 2.45) is 16.7 Å². The van der Waals surface area contributed by atoms with Crippen molar-refractivity contribution in [3.63, 3.8) is 0 Å². The molecule has 0 saturated carbocycles. The monoisotopic (exact) mass is 404 g/mol. The van der Waals surface area contributed by atoms with E-state index in [1.165, 1.54) is 0 Å². The average Bonchev–Trinajstić information content (AvgIpc) is 2.98. The quantitative estimate of drug-likeness (QED) is 0.695. The maximum atomic E-state index is 13.1. The molecule has 0 bridgehead atoms. The molecule has 2 saturated heterocycles. The molecule has 27 heavy (non-hydrogen) atoms. The van der Waals surface area contributed by atoms with Gasteiger partial charge < -0.3 is 15.0 Å². The van der Waals surface area contributed by atoms with E-state index in [2.05, 4.69) is 5.32 Å². The van der Waals surface area contributed by atoms with Crippen LogP contribution in [0.4, 0.5) is 31.1 Å². The van der Waals surface area contributed by atoms with Crippen LogP contribution in [0.5, 0.6) is 0 Å². The van der Waals surface area contributed by atoms with Crippen LogP contribution in [0.3, 0.4) is 0 Å². The van der Waals surface area contributed by atoms with Gasteiger partial charge in [-0.3, -0.25) is 0 Å². The zero-order chi connectivity index (χ0) is 20.7.